The molecule has 0 bridgehead atoms. The van der Waals surface area contributed by atoms with Crippen molar-refractivity contribution in [2.45, 2.75) is 52.5 Å². The Kier molecular flexibility index (Phi) is 2.17. The van der Waals surface area contributed by atoms with E-state index < -0.39 is 0 Å². The lowest BCUT2D eigenvalue weighted by Gasteiger charge is -2.26. The van der Waals surface area contributed by atoms with Crippen LogP contribution in [-0.4, -0.2) is 28.7 Å². The molecule has 0 aromatic heterocycles. The lowest BCUT2D eigenvalue weighted by Crippen LogP contribution is -2.42. The first-order valence-corrected chi connectivity index (χ1v) is 4.33. The topological polar surface area (TPSA) is 29.5 Å². The van der Waals surface area contributed by atoms with Crippen LogP contribution >= 0.6 is 0 Å². The summed E-state index contributed by atoms with van der Waals surface area (Å²) in [6.07, 6.45) is -0.0903. The van der Waals surface area contributed by atoms with Crippen LogP contribution in [0.1, 0.15) is 34.6 Å². The lowest BCUT2D eigenvalue weighted by molar-refractivity contribution is -0.134. The van der Waals surface area contributed by atoms with E-state index in [0.29, 0.717) is 0 Å². The molecule has 3 nitrogen and oxygen atoms in total. The molecule has 1 heterocycles. The van der Waals surface area contributed by atoms with Gasteiger partial charge in [0.2, 0.25) is 5.91 Å². The highest BCUT2D eigenvalue weighted by molar-refractivity contribution is 5.74. The van der Waals surface area contributed by atoms with Gasteiger partial charge in [-0.3, -0.25) is 4.79 Å². The highest BCUT2D eigenvalue weighted by atomic mass is 16.5. The van der Waals surface area contributed by atoms with Crippen molar-refractivity contribution in [2.24, 2.45) is 0 Å². The van der Waals surface area contributed by atoms with Crippen molar-refractivity contribution in [3.05, 3.63) is 0 Å². The van der Waals surface area contributed by atoms with Gasteiger partial charge in [-0.1, -0.05) is 0 Å². The van der Waals surface area contributed by atoms with Crippen LogP contribution in [0, 0.1) is 0 Å². The molecule has 1 unspecified atom stereocenters. The van der Waals surface area contributed by atoms with Gasteiger partial charge in [0.25, 0.3) is 0 Å². The molecular formula is C9H17NO2. The van der Waals surface area contributed by atoms with Crippen LogP contribution in [0.5, 0.6) is 0 Å². The maximum Gasteiger partial charge on any atom is 0.221 e. The number of carbonyl (C=O) groups excluding carboxylic acids is 1. The Hall–Kier alpha value is -0.570. The van der Waals surface area contributed by atoms with E-state index in [9.17, 15) is 4.79 Å². The van der Waals surface area contributed by atoms with Crippen LogP contribution in [-0.2, 0) is 9.53 Å². The average molecular weight is 171 g/mol. The molecule has 0 radical (unpaired) electrons. The Morgan fingerprint density at radius 1 is 1.42 bits per heavy atom. The lowest BCUT2D eigenvalue weighted by atomic mass is 10.0. The summed E-state index contributed by atoms with van der Waals surface area (Å²) < 4.78 is 5.64. The summed E-state index contributed by atoms with van der Waals surface area (Å²) in [4.78, 5) is 13.0. The third-order valence-corrected chi connectivity index (χ3v) is 2.65. The van der Waals surface area contributed by atoms with Gasteiger partial charge in [-0.05, 0) is 27.7 Å². The van der Waals surface area contributed by atoms with Gasteiger partial charge in [0.15, 0.2) is 0 Å². The average Bonchev–Trinajstić information content (AvgIpc) is 2.02. The molecule has 1 rings (SSSR count). The van der Waals surface area contributed by atoms with Gasteiger partial charge < -0.3 is 9.64 Å². The van der Waals surface area contributed by atoms with E-state index >= 15 is 0 Å². The summed E-state index contributed by atoms with van der Waals surface area (Å²) in [5.41, 5.74) is -0.217. The maximum atomic E-state index is 11.2. The molecule has 12 heavy (non-hydrogen) atoms. The Morgan fingerprint density at radius 3 is 2.08 bits per heavy atom. The molecule has 1 amide bonds. The molecule has 2 atom stereocenters. The summed E-state index contributed by atoms with van der Waals surface area (Å²) in [5.74, 6) is 0.0839. The Bertz CT molecular complexity index is 201. The summed E-state index contributed by atoms with van der Waals surface area (Å²) >= 11 is 0. The third kappa shape index (κ3) is 1.33. The van der Waals surface area contributed by atoms with Crippen LogP contribution in [0.3, 0.4) is 0 Å². The zero-order valence-corrected chi connectivity index (χ0v) is 8.42. The van der Waals surface area contributed by atoms with Crippen LogP contribution < -0.4 is 0 Å². The number of amides is 1. The van der Waals surface area contributed by atoms with E-state index in [2.05, 4.69) is 0 Å². The SMILES string of the molecule is CC(=O)N1C(C)OC(C)(C)[C@@H]1C. The molecule has 0 aliphatic carbocycles. The number of rotatable bonds is 0. The van der Waals surface area contributed by atoms with Gasteiger partial charge in [-0.2, -0.15) is 0 Å². The molecular weight excluding hydrogens is 154 g/mol. The van der Waals surface area contributed by atoms with Crippen molar-refractivity contribution in [1.82, 2.24) is 4.90 Å². The van der Waals surface area contributed by atoms with Gasteiger partial charge in [-0.15, -0.1) is 0 Å². The molecule has 0 saturated carbocycles. The van der Waals surface area contributed by atoms with Gasteiger partial charge in [0, 0.05) is 6.92 Å². The van der Waals surface area contributed by atoms with Gasteiger partial charge in [-0.25, -0.2) is 0 Å². The number of nitrogens with zero attached hydrogens (tertiary/aromatic N) is 1. The van der Waals surface area contributed by atoms with E-state index in [1.54, 1.807) is 11.8 Å². The number of hydrogen-bond acceptors (Lipinski definition) is 2. The first-order valence-electron chi connectivity index (χ1n) is 4.33. The van der Waals surface area contributed by atoms with Crippen LogP contribution in [0.25, 0.3) is 0 Å². The van der Waals surface area contributed by atoms with Crippen molar-refractivity contribution in [3.63, 3.8) is 0 Å². The van der Waals surface area contributed by atoms with E-state index in [-0.39, 0.29) is 23.8 Å². The molecule has 0 N–H and O–H groups in total. The van der Waals surface area contributed by atoms with Crippen LogP contribution in [0.4, 0.5) is 0 Å². The predicted molar refractivity (Wildman–Crippen MR) is 46.6 cm³/mol. The number of carbonyl (C=O) groups is 1. The van der Waals surface area contributed by atoms with Crippen molar-refractivity contribution in [2.75, 3.05) is 0 Å². The normalized spacial score (nSPS) is 33.9. The van der Waals surface area contributed by atoms with Crippen LogP contribution in [0.2, 0.25) is 0 Å². The quantitative estimate of drug-likeness (QED) is 0.551. The monoisotopic (exact) mass is 171 g/mol. The van der Waals surface area contributed by atoms with Gasteiger partial charge in [0.1, 0.15) is 6.23 Å². The molecule has 0 aromatic carbocycles. The number of hydrogen-bond donors (Lipinski definition) is 0. The fraction of sp³-hybridized carbons (Fsp3) is 0.889. The van der Waals surface area contributed by atoms with Gasteiger partial charge >= 0.3 is 0 Å². The van der Waals surface area contributed by atoms with E-state index in [4.69, 9.17) is 4.74 Å². The molecule has 1 aliphatic heterocycles. The second-order valence-electron chi connectivity index (χ2n) is 3.92. The summed E-state index contributed by atoms with van der Waals surface area (Å²) in [5, 5.41) is 0. The van der Waals surface area contributed by atoms with Gasteiger partial charge in [0.05, 0.1) is 11.6 Å². The van der Waals surface area contributed by atoms with Crippen molar-refractivity contribution >= 4 is 5.91 Å². The first-order chi connectivity index (χ1) is 5.36. The standard InChI is InChI=1S/C9H17NO2/c1-6-9(4,5)12-8(3)10(6)7(2)11/h6,8H,1-5H3/t6-,8?/m0/s1. The van der Waals surface area contributed by atoms with Crippen molar-refractivity contribution in [1.29, 1.82) is 0 Å². The summed E-state index contributed by atoms with van der Waals surface area (Å²) in [7, 11) is 0. The minimum absolute atomic E-state index is 0.0839. The third-order valence-electron chi connectivity index (χ3n) is 2.65. The second kappa shape index (κ2) is 2.73. The predicted octanol–water partition coefficient (Wildman–Crippen LogP) is 1.38. The minimum Gasteiger partial charge on any atom is -0.351 e. The molecule has 1 aliphatic rings. The Morgan fingerprint density at radius 2 is 1.92 bits per heavy atom. The molecule has 3 heteroatoms. The van der Waals surface area contributed by atoms with E-state index in [1.165, 1.54) is 0 Å². The first kappa shape index (κ1) is 9.52. The molecule has 0 aromatic rings. The van der Waals surface area contributed by atoms with Crippen molar-refractivity contribution < 1.29 is 9.53 Å². The molecule has 70 valence electrons. The summed E-state index contributed by atoms with van der Waals surface area (Å²) in [6.45, 7) is 9.53. The minimum atomic E-state index is -0.217. The van der Waals surface area contributed by atoms with E-state index in [0.717, 1.165) is 0 Å². The maximum absolute atomic E-state index is 11.2. The van der Waals surface area contributed by atoms with Crippen molar-refractivity contribution in [3.8, 4) is 0 Å². The zero-order valence-electron chi connectivity index (χ0n) is 8.42. The Balaban J connectivity index is 2.85. The number of ether oxygens (including phenoxy) is 1. The van der Waals surface area contributed by atoms with E-state index in [1.807, 2.05) is 27.7 Å². The highest BCUT2D eigenvalue weighted by Crippen LogP contribution is 2.31. The largest absolute Gasteiger partial charge is 0.351 e. The summed E-state index contributed by atoms with van der Waals surface area (Å²) in [6, 6.07) is 0.157. The van der Waals surface area contributed by atoms with Crippen LogP contribution in [0.15, 0.2) is 0 Å². The molecule has 0 spiro atoms. The zero-order chi connectivity index (χ0) is 9.52. The molecule has 1 saturated heterocycles. The second-order valence-corrected chi connectivity index (χ2v) is 3.92. The smallest absolute Gasteiger partial charge is 0.221 e. The fourth-order valence-corrected chi connectivity index (χ4v) is 1.77. The fourth-order valence-electron chi connectivity index (χ4n) is 1.77. The molecule has 1 fully saturated rings. The highest BCUT2D eigenvalue weighted by Gasteiger charge is 2.44. The Labute approximate surface area is 73.7 Å².